The third kappa shape index (κ3) is 4.66. The Morgan fingerprint density at radius 3 is 2.36 bits per heavy atom. The molecular weight excluding hydrogens is 350 g/mol. The number of hydrogen-bond acceptors (Lipinski definition) is 4. The zero-order valence-electron chi connectivity index (χ0n) is 15.9. The first kappa shape index (κ1) is 18.4. The highest BCUT2D eigenvalue weighted by Crippen LogP contribution is 2.23. The molecule has 144 valence electrons. The second-order valence-corrected chi connectivity index (χ2v) is 7.36. The number of benzene rings is 2. The van der Waals surface area contributed by atoms with Crippen LogP contribution in [0.1, 0.15) is 44.4 Å². The van der Waals surface area contributed by atoms with Crippen molar-refractivity contribution in [3.05, 3.63) is 60.5 Å². The van der Waals surface area contributed by atoms with Crippen molar-refractivity contribution in [2.75, 3.05) is 0 Å². The van der Waals surface area contributed by atoms with Crippen LogP contribution < -0.4 is 5.32 Å². The van der Waals surface area contributed by atoms with Gasteiger partial charge in [-0.05, 0) is 24.0 Å². The van der Waals surface area contributed by atoms with E-state index in [1.807, 2.05) is 30.3 Å². The van der Waals surface area contributed by atoms with Gasteiger partial charge in [0.05, 0.1) is 0 Å². The standard InChI is InChI=1S/C23H25N3O2/c27-21(24-20-9-5-2-6-10-20)15-16-22-25-23(26-28-22)19-13-11-18(12-14-19)17-7-3-1-4-8-17/h1,3-4,7-8,11-14,20H,2,5-6,9-10,15-16H2,(H,24,27). The Morgan fingerprint density at radius 1 is 0.929 bits per heavy atom. The molecule has 28 heavy (non-hydrogen) atoms. The molecule has 5 heteroatoms. The van der Waals surface area contributed by atoms with Gasteiger partial charge in [-0.15, -0.1) is 0 Å². The highest BCUT2D eigenvalue weighted by atomic mass is 16.5. The van der Waals surface area contributed by atoms with Crippen LogP contribution in [0, 0.1) is 0 Å². The van der Waals surface area contributed by atoms with E-state index in [1.165, 1.54) is 24.8 Å². The predicted octanol–water partition coefficient (Wildman–Crippen LogP) is 4.79. The van der Waals surface area contributed by atoms with Crippen LogP contribution in [0.3, 0.4) is 0 Å². The third-order valence-electron chi connectivity index (χ3n) is 5.25. The minimum Gasteiger partial charge on any atom is -0.353 e. The summed E-state index contributed by atoms with van der Waals surface area (Å²) < 4.78 is 5.33. The zero-order valence-corrected chi connectivity index (χ0v) is 15.9. The van der Waals surface area contributed by atoms with E-state index >= 15 is 0 Å². The van der Waals surface area contributed by atoms with Crippen LogP contribution in [0.25, 0.3) is 22.5 Å². The third-order valence-corrected chi connectivity index (χ3v) is 5.25. The molecule has 0 aliphatic heterocycles. The van der Waals surface area contributed by atoms with Gasteiger partial charge in [-0.25, -0.2) is 0 Å². The minimum atomic E-state index is 0.0684. The molecule has 1 fully saturated rings. The van der Waals surface area contributed by atoms with E-state index in [2.05, 4.69) is 39.7 Å². The van der Waals surface area contributed by atoms with Crippen molar-refractivity contribution in [1.29, 1.82) is 0 Å². The summed E-state index contributed by atoms with van der Waals surface area (Å²) in [6.45, 7) is 0. The van der Waals surface area contributed by atoms with E-state index in [0.717, 1.165) is 24.0 Å². The van der Waals surface area contributed by atoms with Gasteiger partial charge in [-0.3, -0.25) is 4.79 Å². The quantitative estimate of drug-likeness (QED) is 0.673. The number of rotatable bonds is 6. The van der Waals surface area contributed by atoms with Crippen LogP contribution in [0.15, 0.2) is 59.1 Å². The fourth-order valence-electron chi connectivity index (χ4n) is 3.68. The summed E-state index contributed by atoms with van der Waals surface area (Å²) in [7, 11) is 0. The summed E-state index contributed by atoms with van der Waals surface area (Å²) in [5.74, 6) is 1.13. The van der Waals surface area contributed by atoms with Crippen molar-refractivity contribution in [3.8, 4) is 22.5 Å². The molecule has 1 amide bonds. The van der Waals surface area contributed by atoms with Crippen LogP contribution in [-0.2, 0) is 11.2 Å². The van der Waals surface area contributed by atoms with Gasteiger partial charge in [0.2, 0.25) is 17.6 Å². The highest BCUT2D eigenvalue weighted by Gasteiger charge is 2.16. The molecule has 3 aromatic rings. The second kappa shape index (κ2) is 8.83. The first-order chi connectivity index (χ1) is 13.8. The Labute approximate surface area is 165 Å². The molecule has 1 saturated carbocycles. The van der Waals surface area contributed by atoms with Crippen LogP contribution in [-0.4, -0.2) is 22.1 Å². The smallest absolute Gasteiger partial charge is 0.227 e. The molecule has 0 atom stereocenters. The Morgan fingerprint density at radius 2 is 1.61 bits per heavy atom. The summed E-state index contributed by atoms with van der Waals surface area (Å²) >= 11 is 0. The van der Waals surface area contributed by atoms with Crippen molar-refractivity contribution in [2.24, 2.45) is 0 Å². The van der Waals surface area contributed by atoms with Crippen molar-refractivity contribution in [3.63, 3.8) is 0 Å². The van der Waals surface area contributed by atoms with Gasteiger partial charge in [0.1, 0.15) is 0 Å². The van der Waals surface area contributed by atoms with Crippen LogP contribution >= 0.6 is 0 Å². The fraction of sp³-hybridized carbons (Fsp3) is 0.348. The Hall–Kier alpha value is -2.95. The Balaban J connectivity index is 1.33. The number of nitrogens with one attached hydrogen (secondary N) is 1. The summed E-state index contributed by atoms with van der Waals surface area (Å²) in [6, 6.07) is 18.7. The average molecular weight is 375 g/mol. The van der Waals surface area contributed by atoms with Crippen LogP contribution in [0.2, 0.25) is 0 Å². The normalized spacial score (nSPS) is 14.7. The zero-order chi connectivity index (χ0) is 19.2. The summed E-state index contributed by atoms with van der Waals surface area (Å²) in [4.78, 5) is 16.6. The van der Waals surface area contributed by atoms with Crippen molar-refractivity contribution in [1.82, 2.24) is 15.5 Å². The molecule has 5 nitrogen and oxygen atoms in total. The van der Waals surface area contributed by atoms with Gasteiger partial charge in [-0.2, -0.15) is 4.98 Å². The first-order valence-corrected chi connectivity index (χ1v) is 10.1. The molecule has 2 aromatic carbocycles. The largest absolute Gasteiger partial charge is 0.353 e. The second-order valence-electron chi connectivity index (χ2n) is 7.36. The van der Waals surface area contributed by atoms with Gasteiger partial charge in [0, 0.05) is 24.4 Å². The van der Waals surface area contributed by atoms with E-state index in [4.69, 9.17) is 4.52 Å². The molecule has 1 N–H and O–H groups in total. The number of nitrogens with zero attached hydrogens (tertiary/aromatic N) is 2. The number of hydrogen-bond donors (Lipinski definition) is 1. The molecule has 4 rings (SSSR count). The lowest BCUT2D eigenvalue weighted by atomic mass is 9.95. The monoisotopic (exact) mass is 375 g/mol. The number of carbonyl (C=O) groups excluding carboxylic acids is 1. The van der Waals surface area contributed by atoms with E-state index in [1.54, 1.807) is 0 Å². The van der Waals surface area contributed by atoms with E-state index in [9.17, 15) is 4.79 Å². The average Bonchev–Trinajstić information content (AvgIpc) is 3.23. The molecule has 1 aromatic heterocycles. The number of aromatic nitrogens is 2. The van der Waals surface area contributed by atoms with E-state index in [-0.39, 0.29) is 5.91 Å². The Bertz CT molecular complexity index is 897. The summed E-state index contributed by atoms with van der Waals surface area (Å²) in [6.07, 6.45) is 6.73. The maximum Gasteiger partial charge on any atom is 0.227 e. The van der Waals surface area contributed by atoms with Gasteiger partial charge in [-0.1, -0.05) is 79.0 Å². The molecular formula is C23H25N3O2. The van der Waals surface area contributed by atoms with E-state index < -0.39 is 0 Å². The highest BCUT2D eigenvalue weighted by molar-refractivity contribution is 5.76. The minimum absolute atomic E-state index is 0.0684. The number of aryl methyl sites for hydroxylation is 1. The maximum absolute atomic E-state index is 12.1. The lowest BCUT2D eigenvalue weighted by molar-refractivity contribution is -0.122. The van der Waals surface area contributed by atoms with Crippen molar-refractivity contribution in [2.45, 2.75) is 51.0 Å². The SMILES string of the molecule is O=C(CCc1nc(-c2ccc(-c3ccccc3)cc2)no1)NC1CCCCC1. The molecule has 1 aliphatic rings. The lowest BCUT2D eigenvalue weighted by Crippen LogP contribution is -2.36. The molecule has 1 aliphatic carbocycles. The fourth-order valence-corrected chi connectivity index (χ4v) is 3.68. The van der Waals surface area contributed by atoms with Gasteiger partial charge in [0.25, 0.3) is 0 Å². The molecule has 0 bridgehead atoms. The van der Waals surface area contributed by atoms with Crippen molar-refractivity contribution >= 4 is 5.91 Å². The lowest BCUT2D eigenvalue weighted by Gasteiger charge is -2.22. The van der Waals surface area contributed by atoms with Gasteiger partial charge >= 0.3 is 0 Å². The predicted molar refractivity (Wildman–Crippen MR) is 109 cm³/mol. The van der Waals surface area contributed by atoms with Crippen molar-refractivity contribution < 1.29 is 9.32 Å². The molecule has 1 heterocycles. The molecule has 0 unspecified atom stereocenters. The topological polar surface area (TPSA) is 68.0 Å². The molecule has 0 radical (unpaired) electrons. The van der Waals surface area contributed by atoms with Gasteiger partial charge in [0.15, 0.2) is 0 Å². The maximum atomic E-state index is 12.1. The summed E-state index contributed by atoms with van der Waals surface area (Å²) in [5, 5.41) is 7.19. The number of carbonyl (C=O) groups is 1. The number of amides is 1. The first-order valence-electron chi connectivity index (χ1n) is 10.1. The van der Waals surface area contributed by atoms with Crippen LogP contribution in [0.5, 0.6) is 0 Å². The summed E-state index contributed by atoms with van der Waals surface area (Å²) in [5.41, 5.74) is 3.22. The Kier molecular flexibility index (Phi) is 5.80. The van der Waals surface area contributed by atoms with E-state index in [0.29, 0.717) is 30.6 Å². The van der Waals surface area contributed by atoms with Gasteiger partial charge < -0.3 is 9.84 Å². The van der Waals surface area contributed by atoms with Crippen LogP contribution in [0.4, 0.5) is 0 Å². The molecule has 0 spiro atoms. The molecule has 0 saturated heterocycles.